The molecule has 9 nitrogen and oxygen atoms in total. The zero-order valence-electron chi connectivity index (χ0n) is 19.6. The molecule has 2 amide bonds. The van der Waals surface area contributed by atoms with Crippen LogP contribution in [-0.4, -0.2) is 66.3 Å². The molecule has 0 atom stereocenters. The minimum atomic E-state index is -0.413. The summed E-state index contributed by atoms with van der Waals surface area (Å²) in [5.41, 5.74) is 2.70. The summed E-state index contributed by atoms with van der Waals surface area (Å²) in [6.07, 6.45) is 0.779. The summed E-state index contributed by atoms with van der Waals surface area (Å²) in [6, 6.07) is 18.3. The molecule has 0 unspecified atom stereocenters. The van der Waals surface area contributed by atoms with Gasteiger partial charge in [-0.05, 0) is 36.2 Å². The first kappa shape index (κ1) is 22.6. The van der Waals surface area contributed by atoms with Gasteiger partial charge in [0.1, 0.15) is 18.0 Å². The van der Waals surface area contributed by atoms with Gasteiger partial charge in [-0.15, -0.1) is 0 Å². The Bertz CT molecular complexity index is 1310. The lowest BCUT2D eigenvalue weighted by molar-refractivity contribution is -0.132. The first-order valence-electron chi connectivity index (χ1n) is 11.7. The topological polar surface area (TPSA) is 88.0 Å². The van der Waals surface area contributed by atoms with Crippen LogP contribution in [-0.2, 0) is 17.8 Å². The predicted molar refractivity (Wildman–Crippen MR) is 132 cm³/mol. The smallest absolute Gasteiger partial charge is 0.278 e. The lowest BCUT2D eigenvalue weighted by atomic mass is 10.2. The third-order valence-electron chi connectivity index (χ3n) is 6.56. The zero-order valence-corrected chi connectivity index (χ0v) is 19.6. The van der Waals surface area contributed by atoms with Gasteiger partial charge in [0, 0.05) is 44.5 Å². The Morgan fingerprint density at radius 3 is 2.37 bits per heavy atom. The Labute approximate surface area is 203 Å². The number of aromatic nitrogens is 2. The Morgan fingerprint density at radius 2 is 1.60 bits per heavy atom. The molecule has 1 fully saturated rings. The van der Waals surface area contributed by atoms with Gasteiger partial charge in [0.05, 0.1) is 12.8 Å². The normalized spacial score (nSPS) is 15.2. The van der Waals surface area contributed by atoms with Gasteiger partial charge in [-0.1, -0.05) is 30.3 Å². The van der Waals surface area contributed by atoms with Crippen LogP contribution >= 0.6 is 0 Å². The third-order valence-corrected chi connectivity index (χ3v) is 6.56. The summed E-state index contributed by atoms with van der Waals surface area (Å²) in [6.45, 7) is 2.71. The van der Waals surface area contributed by atoms with Gasteiger partial charge in [-0.25, -0.2) is 4.68 Å². The van der Waals surface area contributed by atoms with E-state index in [4.69, 9.17) is 4.74 Å². The molecule has 1 aromatic heterocycles. The number of carbonyl (C=O) groups is 2. The van der Waals surface area contributed by atoms with E-state index in [2.05, 4.69) is 10.00 Å². The van der Waals surface area contributed by atoms with Crippen molar-refractivity contribution in [2.75, 3.05) is 49.6 Å². The molecule has 9 heteroatoms. The number of amides is 2. The summed E-state index contributed by atoms with van der Waals surface area (Å²) in [5, 5.41) is 4.25. The van der Waals surface area contributed by atoms with Gasteiger partial charge in [-0.3, -0.25) is 14.4 Å². The Balaban J connectivity index is 1.25. The number of carbonyl (C=O) groups excluding carboxylic acids is 2. The number of hydrogen-bond donors (Lipinski definition) is 0. The first-order chi connectivity index (χ1) is 17.0. The van der Waals surface area contributed by atoms with E-state index in [0.29, 0.717) is 32.7 Å². The van der Waals surface area contributed by atoms with Gasteiger partial charge >= 0.3 is 0 Å². The Morgan fingerprint density at radius 1 is 0.886 bits per heavy atom. The quantitative estimate of drug-likeness (QED) is 0.562. The molecule has 2 aliphatic rings. The number of para-hydroxylation sites is 3. The van der Waals surface area contributed by atoms with Crippen molar-refractivity contribution in [1.29, 1.82) is 0 Å². The highest BCUT2D eigenvalue weighted by Crippen LogP contribution is 2.29. The molecule has 180 valence electrons. The second kappa shape index (κ2) is 9.61. The number of piperazine rings is 1. The number of benzene rings is 2. The summed E-state index contributed by atoms with van der Waals surface area (Å²) < 4.78 is 6.54. The van der Waals surface area contributed by atoms with E-state index in [1.165, 1.54) is 12.1 Å². The summed E-state index contributed by atoms with van der Waals surface area (Å²) in [7, 11) is 1.64. The number of nitrogens with zero attached hydrogens (tertiary/aromatic N) is 5. The molecule has 0 spiro atoms. The maximum Gasteiger partial charge on any atom is 0.278 e. The van der Waals surface area contributed by atoms with Crippen LogP contribution in [0.1, 0.15) is 16.1 Å². The fraction of sp³-hybridized carbons (Fsp3) is 0.308. The Hall–Kier alpha value is -4.14. The average molecular weight is 474 g/mol. The number of rotatable bonds is 5. The van der Waals surface area contributed by atoms with Crippen molar-refractivity contribution in [1.82, 2.24) is 14.7 Å². The van der Waals surface area contributed by atoms with Crippen molar-refractivity contribution in [2.45, 2.75) is 13.0 Å². The molecule has 0 bridgehead atoms. The highest BCUT2D eigenvalue weighted by molar-refractivity contribution is 6.05. The Kier molecular flexibility index (Phi) is 6.22. The van der Waals surface area contributed by atoms with Crippen molar-refractivity contribution < 1.29 is 14.3 Å². The van der Waals surface area contributed by atoms with Crippen molar-refractivity contribution in [3.8, 4) is 5.75 Å². The molecule has 0 N–H and O–H groups in total. The maximum atomic E-state index is 13.1. The summed E-state index contributed by atoms with van der Waals surface area (Å²) in [5.74, 6) is 0.321. The molecule has 1 saturated heterocycles. The first-order valence-corrected chi connectivity index (χ1v) is 11.7. The van der Waals surface area contributed by atoms with Crippen LogP contribution in [0, 0.1) is 0 Å². The number of fused-ring (bicyclic) bond motifs is 1. The van der Waals surface area contributed by atoms with E-state index in [-0.39, 0.29) is 24.1 Å². The van der Waals surface area contributed by atoms with E-state index < -0.39 is 5.56 Å². The molecule has 2 aromatic carbocycles. The number of methoxy groups -OCH3 is 1. The molecule has 0 radical (unpaired) electrons. The number of anilines is 2. The second-order valence-electron chi connectivity index (χ2n) is 8.59. The fourth-order valence-corrected chi connectivity index (χ4v) is 4.68. The zero-order chi connectivity index (χ0) is 24.4. The monoisotopic (exact) mass is 473 g/mol. The van der Waals surface area contributed by atoms with E-state index in [1.54, 1.807) is 16.9 Å². The molecule has 2 aliphatic heterocycles. The highest BCUT2D eigenvalue weighted by Gasteiger charge is 2.27. The minimum Gasteiger partial charge on any atom is -0.495 e. The molecule has 35 heavy (non-hydrogen) atoms. The van der Waals surface area contributed by atoms with Crippen LogP contribution < -0.4 is 20.1 Å². The number of hydrogen-bond acceptors (Lipinski definition) is 6. The van der Waals surface area contributed by atoms with Crippen LogP contribution in [0.25, 0.3) is 0 Å². The maximum absolute atomic E-state index is 13.1. The van der Waals surface area contributed by atoms with Crippen LogP contribution in [0.4, 0.5) is 11.4 Å². The molecule has 0 saturated carbocycles. The lowest BCUT2D eigenvalue weighted by Crippen LogP contribution is -2.50. The largest absolute Gasteiger partial charge is 0.495 e. The molecule has 3 heterocycles. The highest BCUT2D eigenvalue weighted by atomic mass is 16.5. The molecular weight excluding hydrogens is 446 g/mol. The third kappa shape index (κ3) is 4.49. The molecular formula is C26H27N5O4. The van der Waals surface area contributed by atoms with Crippen molar-refractivity contribution in [2.24, 2.45) is 0 Å². The van der Waals surface area contributed by atoms with Crippen LogP contribution in [0.15, 0.2) is 65.5 Å². The van der Waals surface area contributed by atoms with Crippen LogP contribution in [0.5, 0.6) is 5.75 Å². The molecule has 3 aromatic rings. The van der Waals surface area contributed by atoms with E-state index >= 15 is 0 Å². The van der Waals surface area contributed by atoms with Gasteiger partial charge < -0.3 is 19.4 Å². The standard InChI is InChI=1S/C26H27N5O4/c1-35-23-9-5-4-8-22(23)28-14-16-29(17-15-28)25(33)18-31-24(32)11-10-20(27-31)26(34)30-13-12-19-6-2-3-7-21(19)30/h2-11H,12-18H2,1H3. The SMILES string of the molecule is COc1ccccc1N1CCN(C(=O)Cn2nc(C(=O)N3CCc4ccccc43)ccc2=O)CC1. The van der Waals surface area contributed by atoms with Crippen molar-refractivity contribution >= 4 is 23.2 Å². The molecule has 5 rings (SSSR count). The fourth-order valence-electron chi connectivity index (χ4n) is 4.68. The lowest BCUT2D eigenvalue weighted by Gasteiger charge is -2.36. The minimum absolute atomic E-state index is 0.148. The number of ether oxygens (including phenoxy) is 1. The van der Waals surface area contributed by atoms with Crippen LogP contribution in [0.2, 0.25) is 0 Å². The van der Waals surface area contributed by atoms with Gasteiger partial charge in [0.15, 0.2) is 0 Å². The van der Waals surface area contributed by atoms with Crippen molar-refractivity contribution in [3.63, 3.8) is 0 Å². The van der Waals surface area contributed by atoms with Crippen molar-refractivity contribution in [3.05, 3.63) is 82.3 Å². The van der Waals surface area contributed by atoms with Gasteiger partial charge in [0.2, 0.25) is 5.91 Å². The predicted octanol–water partition coefficient (Wildman–Crippen LogP) is 1.80. The molecule has 0 aliphatic carbocycles. The van der Waals surface area contributed by atoms with E-state index in [0.717, 1.165) is 33.8 Å². The summed E-state index contributed by atoms with van der Waals surface area (Å²) in [4.78, 5) is 44.1. The van der Waals surface area contributed by atoms with Gasteiger partial charge in [0.25, 0.3) is 11.5 Å². The summed E-state index contributed by atoms with van der Waals surface area (Å²) >= 11 is 0. The van der Waals surface area contributed by atoms with E-state index in [9.17, 15) is 14.4 Å². The van der Waals surface area contributed by atoms with Crippen LogP contribution in [0.3, 0.4) is 0 Å². The van der Waals surface area contributed by atoms with Gasteiger partial charge in [-0.2, -0.15) is 5.10 Å². The average Bonchev–Trinajstić information content (AvgIpc) is 3.34. The van der Waals surface area contributed by atoms with E-state index in [1.807, 2.05) is 48.5 Å². The second-order valence-corrected chi connectivity index (χ2v) is 8.59.